The van der Waals surface area contributed by atoms with Gasteiger partial charge < -0.3 is 30.7 Å². The summed E-state index contributed by atoms with van der Waals surface area (Å²) in [5.74, 6) is -0.415. The predicted octanol–water partition coefficient (Wildman–Crippen LogP) is 6.80. The molecular formula is C45H51F3N8O7. The van der Waals surface area contributed by atoms with E-state index in [0.29, 0.717) is 77.8 Å². The minimum absolute atomic E-state index is 0.00170. The van der Waals surface area contributed by atoms with Crippen molar-refractivity contribution < 1.29 is 46.6 Å². The number of aryl methyl sites for hydroxylation is 1. The molecule has 1 unspecified atom stereocenters. The number of unbranched alkanes of at least 4 members (excludes halogenated alkanes) is 3. The van der Waals surface area contributed by atoms with Gasteiger partial charge in [-0.2, -0.15) is 13.2 Å². The van der Waals surface area contributed by atoms with Crippen LogP contribution in [0.15, 0.2) is 48.5 Å². The van der Waals surface area contributed by atoms with Crippen LogP contribution in [0, 0.1) is 12.3 Å². The van der Waals surface area contributed by atoms with E-state index in [4.69, 9.17) is 15.2 Å². The number of imide groups is 2. The van der Waals surface area contributed by atoms with Crippen molar-refractivity contribution in [3.05, 3.63) is 76.6 Å². The molecule has 4 aromatic rings. The SMILES string of the molecule is COc1cc2nc(C)nc(N[C@H](C)c3cc(N)cc(C(F)(F)F)c3)c2cc1OCC1(CN(C)C(=O)CCCCCCNc2cccc3c2C(=O)N(C2CCC(=O)NC2=O)C3=O)CC1. The lowest BCUT2D eigenvalue weighted by molar-refractivity contribution is -0.138. The minimum atomic E-state index is -4.55. The van der Waals surface area contributed by atoms with Crippen molar-refractivity contribution in [2.75, 3.05) is 50.2 Å². The van der Waals surface area contributed by atoms with E-state index >= 15 is 0 Å². The Kier molecular flexibility index (Phi) is 12.8. The van der Waals surface area contributed by atoms with Crippen molar-refractivity contribution in [3.8, 4) is 11.5 Å². The predicted molar refractivity (Wildman–Crippen MR) is 228 cm³/mol. The van der Waals surface area contributed by atoms with Gasteiger partial charge >= 0.3 is 6.18 Å². The molecule has 3 aliphatic rings. The molecule has 1 aromatic heterocycles. The number of nitrogens with one attached hydrogen (secondary N) is 3. The van der Waals surface area contributed by atoms with Crippen LogP contribution in [0.1, 0.15) is 108 Å². The van der Waals surface area contributed by atoms with Crippen molar-refractivity contribution in [1.29, 1.82) is 0 Å². The Morgan fingerprint density at radius 2 is 1.79 bits per heavy atom. The zero-order valence-electron chi connectivity index (χ0n) is 35.6. The number of carbonyl (C=O) groups is 5. The van der Waals surface area contributed by atoms with Gasteiger partial charge in [0, 0.05) is 61.2 Å². The van der Waals surface area contributed by atoms with Crippen molar-refractivity contribution in [2.45, 2.75) is 89.9 Å². The second kappa shape index (κ2) is 18.1. The lowest BCUT2D eigenvalue weighted by atomic mass is 10.0. The second-order valence-electron chi connectivity index (χ2n) is 16.7. The molecule has 0 spiro atoms. The van der Waals surface area contributed by atoms with Gasteiger partial charge in [-0.1, -0.05) is 18.9 Å². The Morgan fingerprint density at radius 3 is 2.51 bits per heavy atom. The molecule has 1 aliphatic carbocycles. The number of halogens is 3. The van der Waals surface area contributed by atoms with E-state index in [0.717, 1.165) is 49.1 Å². The molecule has 3 heterocycles. The summed E-state index contributed by atoms with van der Waals surface area (Å²) in [6.07, 6.45) is 0.835. The van der Waals surface area contributed by atoms with Crippen molar-refractivity contribution in [1.82, 2.24) is 25.1 Å². The maximum Gasteiger partial charge on any atom is 0.416 e. The number of alkyl halides is 3. The number of ether oxygens (including phenoxy) is 2. The fourth-order valence-electron chi connectivity index (χ4n) is 8.19. The summed E-state index contributed by atoms with van der Waals surface area (Å²) in [7, 11) is 3.32. The minimum Gasteiger partial charge on any atom is -0.493 e. The smallest absolute Gasteiger partial charge is 0.416 e. The number of anilines is 3. The third-order valence-corrected chi connectivity index (χ3v) is 11.8. The molecule has 0 bridgehead atoms. The van der Waals surface area contributed by atoms with Crippen LogP contribution in [0.25, 0.3) is 10.9 Å². The van der Waals surface area contributed by atoms with Crippen molar-refractivity contribution in [3.63, 3.8) is 0 Å². The van der Waals surface area contributed by atoms with Gasteiger partial charge in [-0.05, 0) is 87.9 Å². The standard InChI is InChI=1S/C45H51F3N8O7/c1-25(27-18-28(45(46,47)48)20-29(49)19-27)51-40-31-21-36(35(62-4)22-33(31)52-26(2)53-40)63-24-44(15-16-44)23-55(3)38(58)12-7-5-6-8-17-50-32-11-9-10-30-39(32)43(61)56(42(30)60)34-13-14-37(57)54-41(34)59/h9-11,18-22,25,34,50H,5-8,12-17,23-24,49H2,1-4H3,(H,51,52,53)(H,54,57,59)/t25-,34?/m1/s1. The van der Waals surface area contributed by atoms with Gasteiger partial charge in [0.15, 0.2) is 11.5 Å². The van der Waals surface area contributed by atoms with Gasteiger partial charge in [-0.15, -0.1) is 0 Å². The van der Waals surface area contributed by atoms with Gasteiger partial charge in [0.2, 0.25) is 17.7 Å². The number of nitrogens with two attached hydrogens (primary N) is 1. The summed E-state index contributed by atoms with van der Waals surface area (Å²) in [5.41, 5.74) is 6.61. The number of nitrogens with zero attached hydrogens (tertiary/aromatic N) is 4. The first kappa shape index (κ1) is 44.6. The van der Waals surface area contributed by atoms with Crippen LogP contribution in [0.5, 0.6) is 11.5 Å². The van der Waals surface area contributed by atoms with Crippen LogP contribution < -0.4 is 31.2 Å². The first-order chi connectivity index (χ1) is 30.0. The highest BCUT2D eigenvalue weighted by Crippen LogP contribution is 2.47. The number of piperidine rings is 1. The number of carbonyl (C=O) groups excluding carboxylic acids is 5. The van der Waals surface area contributed by atoms with E-state index < -0.39 is 47.5 Å². The van der Waals surface area contributed by atoms with Crippen LogP contribution in [0.3, 0.4) is 0 Å². The molecule has 7 rings (SSSR count). The van der Waals surface area contributed by atoms with Crippen molar-refractivity contribution >= 4 is 57.6 Å². The molecule has 1 saturated heterocycles. The Hall–Kier alpha value is -6.46. The summed E-state index contributed by atoms with van der Waals surface area (Å²) in [5, 5.41) is 9.29. The zero-order valence-corrected chi connectivity index (χ0v) is 35.6. The maximum atomic E-state index is 13.6. The molecule has 5 N–H and O–H groups in total. The lowest BCUT2D eigenvalue weighted by Crippen LogP contribution is -2.54. The Balaban J connectivity index is 0.882. The summed E-state index contributed by atoms with van der Waals surface area (Å²) < 4.78 is 52.7. The monoisotopic (exact) mass is 872 g/mol. The molecule has 3 aromatic carbocycles. The van der Waals surface area contributed by atoms with E-state index in [2.05, 4.69) is 25.9 Å². The lowest BCUT2D eigenvalue weighted by Gasteiger charge is -2.27. The summed E-state index contributed by atoms with van der Waals surface area (Å²) in [4.78, 5) is 75.5. The average Bonchev–Trinajstić information content (AvgIpc) is 3.95. The van der Waals surface area contributed by atoms with Gasteiger partial charge in [-0.25, -0.2) is 9.97 Å². The number of fused-ring (bicyclic) bond motifs is 2. The summed E-state index contributed by atoms with van der Waals surface area (Å²) >= 11 is 0. The van der Waals surface area contributed by atoms with Gasteiger partial charge in [0.25, 0.3) is 11.8 Å². The van der Waals surface area contributed by atoms with Gasteiger partial charge in [0.1, 0.15) is 17.7 Å². The maximum absolute atomic E-state index is 13.6. The number of benzene rings is 3. The van der Waals surface area contributed by atoms with Crippen molar-refractivity contribution in [2.24, 2.45) is 5.41 Å². The Morgan fingerprint density at radius 1 is 1.03 bits per heavy atom. The van der Waals surface area contributed by atoms with Gasteiger partial charge in [0.05, 0.1) is 42.0 Å². The van der Waals surface area contributed by atoms with Gasteiger partial charge in [-0.3, -0.25) is 34.2 Å². The number of amides is 5. The fraction of sp³-hybridized carbons (Fsp3) is 0.444. The van der Waals surface area contributed by atoms with E-state index in [1.165, 1.54) is 13.2 Å². The van der Waals surface area contributed by atoms with E-state index in [1.807, 2.05) is 0 Å². The zero-order chi connectivity index (χ0) is 45.2. The molecule has 2 aliphatic heterocycles. The van der Waals surface area contributed by atoms with Crippen LogP contribution in [-0.4, -0.2) is 89.2 Å². The van der Waals surface area contributed by atoms with E-state index in [-0.39, 0.29) is 41.0 Å². The molecule has 2 fully saturated rings. The first-order valence-corrected chi connectivity index (χ1v) is 21.0. The Bertz CT molecular complexity index is 2460. The Labute approximate surface area is 362 Å². The molecule has 15 nitrogen and oxygen atoms in total. The molecule has 5 amide bonds. The average molecular weight is 873 g/mol. The topological polar surface area (TPSA) is 198 Å². The summed E-state index contributed by atoms with van der Waals surface area (Å²) in [6, 6.07) is 10.3. The molecule has 18 heteroatoms. The molecule has 1 saturated carbocycles. The molecule has 0 radical (unpaired) electrons. The third-order valence-electron chi connectivity index (χ3n) is 11.8. The highest BCUT2D eigenvalue weighted by atomic mass is 19.4. The number of methoxy groups -OCH3 is 1. The first-order valence-electron chi connectivity index (χ1n) is 21.0. The number of hydrogen-bond acceptors (Lipinski definition) is 12. The van der Waals surface area contributed by atoms with Crippen LogP contribution in [-0.2, 0) is 20.6 Å². The number of rotatable bonds is 18. The van der Waals surface area contributed by atoms with E-state index in [9.17, 15) is 37.1 Å². The molecule has 334 valence electrons. The fourth-order valence-corrected chi connectivity index (χ4v) is 8.19. The van der Waals surface area contributed by atoms with Crippen LogP contribution in [0.4, 0.5) is 30.4 Å². The number of aromatic nitrogens is 2. The summed E-state index contributed by atoms with van der Waals surface area (Å²) in [6.45, 7) is 4.82. The van der Waals surface area contributed by atoms with Crippen LogP contribution in [0.2, 0.25) is 0 Å². The molecular weight excluding hydrogens is 822 g/mol. The molecule has 2 atom stereocenters. The normalized spacial score (nSPS) is 17.3. The molecule has 63 heavy (non-hydrogen) atoms. The third kappa shape index (κ3) is 9.94. The number of nitrogen functional groups attached to an aromatic ring is 1. The highest BCUT2D eigenvalue weighted by Gasteiger charge is 2.46. The quantitative estimate of drug-likeness (QED) is 0.0464. The van der Waals surface area contributed by atoms with E-state index in [1.54, 1.807) is 56.1 Å². The number of hydrogen-bond donors (Lipinski definition) is 4. The second-order valence-corrected chi connectivity index (χ2v) is 16.7. The van der Waals surface area contributed by atoms with Crippen LogP contribution >= 0.6 is 0 Å². The highest BCUT2D eigenvalue weighted by molar-refractivity contribution is 6.25. The largest absolute Gasteiger partial charge is 0.493 e.